The van der Waals surface area contributed by atoms with Crippen LogP contribution in [0.25, 0.3) is 0 Å². The van der Waals surface area contributed by atoms with Crippen LogP contribution in [0.3, 0.4) is 0 Å². The van der Waals surface area contributed by atoms with Gasteiger partial charge in [0.25, 0.3) is 5.91 Å². The summed E-state index contributed by atoms with van der Waals surface area (Å²) in [7, 11) is 0. The van der Waals surface area contributed by atoms with Crippen LogP contribution in [0.4, 0.5) is 5.82 Å². The fourth-order valence-electron chi connectivity index (χ4n) is 2.01. The van der Waals surface area contributed by atoms with Crippen LogP contribution < -0.4 is 15.4 Å². The van der Waals surface area contributed by atoms with Crippen molar-refractivity contribution in [2.75, 3.05) is 11.9 Å². The van der Waals surface area contributed by atoms with Crippen LogP contribution in [-0.2, 0) is 9.53 Å². The summed E-state index contributed by atoms with van der Waals surface area (Å²) in [6.45, 7) is 5.04. The molecule has 0 fully saturated rings. The molecule has 0 atom stereocenters. The largest absolute Gasteiger partial charge is 0.478 e. The van der Waals surface area contributed by atoms with Crippen molar-refractivity contribution in [3.63, 3.8) is 0 Å². The number of carbonyl (C=O) groups excluding carboxylic acids is 2. The van der Waals surface area contributed by atoms with E-state index in [9.17, 15) is 9.59 Å². The Morgan fingerprint density at radius 3 is 2.48 bits per heavy atom. The second-order valence-electron chi connectivity index (χ2n) is 6.50. The Morgan fingerprint density at radius 2 is 1.81 bits per heavy atom. The van der Waals surface area contributed by atoms with E-state index in [1.807, 2.05) is 6.07 Å². The molecule has 1 heterocycles. The lowest BCUT2D eigenvalue weighted by Gasteiger charge is -2.19. The summed E-state index contributed by atoms with van der Waals surface area (Å²) < 4.78 is 10.7. The molecule has 0 saturated carbocycles. The summed E-state index contributed by atoms with van der Waals surface area (Å²) >= 11 is 5.15. The molecular weight excluding hydrogens is 366 g/mol. The molecule has 27 heavy (non-hydrogen) atoms. The number of amides is 1. The van der Waals surface area contributed by atoms with Gasteiger partial charge in [0, 0.05) is 11.8 Å². The third-order valence-corrected chi connectivity index (χ3v) is 3.24. The van der Waals surface area contributed by atoms with Crippen molar-refractivity contribution in [1.82, 2.24) is 10.3 Å². The monoisotopic (exact) mass is 387 g/mol. The third kappa shape index (κ3) is 7.02. The molecule has 0 unspecified atom stereocenters. The molecule has 8 heteroatoms. The molecule has 2 aromatic rings. The zero-order valence-electron chi connectivity index (χ0n) is 15.3. The van der Waals surface area contributed by atoms with Crippen LogP contribution in [0.5, 0.6) is 5.75 Å². The molecule has 0 aliphatic carbocycles. The van der Waals surface area contributed by atoms with Crippen LogP contribution >= 0.6 is 12.2 Å². The highest BCUT2D eigenvalue weighted by Gasteiger charge is 2.17. The van der Waals surface area contributed by atoms with Gasteiger partial charge in [-0.2, -0.15) is 0 Å². The van der Waals surface area contributed by atoms with Crippen LogP contribution in [0, 0.1) is 0 Å². The number of aromatic nitrogens is 1. The van der Waals surface area contributed by atoms with E-state index in [1.54, 1.807) is 57.2 Å². The summed E-state index contributed by atoms with van der Waals surface area (Å²) in [5.41, 5.74) is -0.121. The van der Waals surface area contributed by atoms with Crippen molar-refractivity contribution in [3.05, 3.63) is 54.2 Å². The summed E-state index contributed by atoms with van der Waals surface area (Å²) in [5.74, 6) is -0.267. The van der Waals surface area contributed by atoms with E-state index >= 15 is 0 Å². The SMILES string of the molecule is CC(C)(C)OC(=O)COc1cccnc1NC(=S)NC(=O)c1ccccc1. The number of nitrogens with one attached hydrogen (secondary N) is 2. The van der Waals surface area contributed by atoms with Crippen molar-refractivity contribution in [2.45, 2.75) is 26.4 Å². The van der Waals surface area contributed by atoms with E-state index in [-0.39, 0.29) is 23.4 Å². The lowest BCUT2D eigenvalue weighted by atomic mass is 10.2. The fourth-order valence-corrected chi connectivity index (χ4v) is 2.20. The Morgan fingerprint density at radius 1 is 1.11 bits per heavy atom. The number of hydrogen-bond acceptors (Lipinski definition) is 6. The zero-order valence-corrected chi connectivity index (χ0v) is 16.1. The van der Waals surface area contributed by atoms with Gasteiger partial charge in [-0.1, -0.05) is 18.2 Å². The Labute approximate surface area is 163 Å². The van der Waals surface area contributed by atoms with Crippen LogP contribution in [0.1, 0.15) is 31.1 Å². The molecule has 2 rings (SSSR count). The molecule has 2 N–H and O–H groups in total. The van der Waals surface area contributed by atoms with Crippen LogP contribution in [0.2, 0.25) is 0 Å². The Hall–Kier alpha value is -3.00. The lowest BCUT2D eigenvalue weighted by molar-refractivity contribution is -0.157. The number of ether oxygens (including phenoxy) is 2. The third-order valence-electron chi connectivity index (χ3n) is 3.03. The predicted octanol–water partition coefficient (Wildman–Crippen LogP) is 2.93. The summed E-state index contributed by atoms with van der Waals surface area (Å²) in [6, 6.07) is 12.0. The molecule has 0 radical (unpaired) electrons. The number of carbonyl (C=O) groups is 2. The van der Waals surface area contributed by atoms with E-state index in [2.05, 4.69) is 15.6 Å². The van der Waals surface area contributed by atoms with Gasteiger partial charge in [0.2, 0.25) is 0 Å². The highest BCUT2D eigenvalue weighted by molar-refractivity contribution is 7.80. The lowest BCUT2D eigenvalue weighted by Crippen LogP contribution is -2.34. The van der Waals surface area contributed by atoms with E-state index < -0.39 is 11.6 Å². The molecule has 7 nitrogen and oxygen atoms in total. The molecule has 0 spiro atoms. The Balaban J connectivity index is 1.95. The first-order valence-electron chi connectivity index (χ1n) is 8.21. The summed E-state index contributed by atoms with van der Waals surface area (Å²) in [6.07, 6.45) is 1.53. The normalized spacial score (nSPS) is 10.6. The van der Waals surface area contributed by atoms with Crippen molar-refractivity contribution < 1.29 is 19.1 Å². The summed E-state index contributed by atoms with van der Waals surface area (Å²) in [5, 5.41) is 5.42. The number of nitrogens with zero attached hydrogens (tertiary/aromatic N) is 1. The minimum atomic E-state index is -0.597. The number of hydrogen-bond donors (Lipinski definition) is 2. The quantitative estimate of drug-likeness (QED) is 0.602. The van der Waals surface area contributed by atoms with Gasteiger partial charge in [-0.05, 0) is 57.3 Å². The van der Waals surface area contributed by atoms with Gasteiger partial charge in [-0.15, -0.1) is 0 Å². The van der Waals surface area contributed by atoms with Gasteiger partial charge < -0.3 is 14.8 Å². The number of thiocarbonyl (C=S) groups is 1. The molecule has 0 aliphatic rings. The molecule has 142 valence electrons. The minimum absolute atomic E-state index is 0.0599. The van der Waals surface area contributed by atoms with Gasteiger partial charge >= 0.3 is 5.97 Å². The molecule has 1 amide bonds. The van der Waals surface area contributed by atoms with Crippen LogP contribution in [-0.4, -0.2) is 34.2 Å². The summed E-state index contributed by atoms with van der Waals surface area (Å²) in [4.78, 5) is 28.0. The van der Waals surface area contributed by atoms with Gasteiger partial charge in [-0.25, -0.2) is 9.78 Å². The van der Waals surface area contributed by atoms with Crippen molar-refractivity contribution in [2.24, 2.45) is 0 Å². The highest BCUT2D eigenvalue weighted by atomic mass is 32.1. The number of anilines is 1. The molecule has 0 saturated heterocycles. The maximum absolute atomic E-state index is 12.1. The molecule has 0 aliphatic heterocycles. The number of benzene rings is 1. The average Bonchev–Trinajstić information content (AvgIpc) is 2.60. The Bertz CT molecular complexity index is 819. The number of pyridine rings is 1. The maximum atomic E-state index is 12.1. The van der Waals surface area contributed by atoms with Crippen molar-refractivity contribution in [3.8, 4) is 5.75 Å². The second-order valence-corrected chi connectivity index (χ2v) is 6.91. The zero-order chi connectivity index (χ0) is 19.9. The first-order chi connectivity index (χ1) is 12.7. The van der Waals surface area contributed by atoms with Crippen molar-refractivity contribution in [1.29, 1.82) is 0 Å². The van der Waals surface area contributed by atoms with Gasteiger partial charge in [-0.3, -0.25) is 10.1 Å². The Kier molecular flexibility index (Phi) is 6.84. The number of rotatable bonds is 5. The first kappa shape index (κ1) is 20.3. The molecule has 1 aromatic carbocycles. The average molecular weight is 387 g/mol. The van der Waals surface area contributed by atoms with Gasteiger partial charge in [0.15, 0.2) is 23.3 Å². The fraction of sp³-hybridized carbons (Fsp3) is 0.263. The molecular formula is C19H21N3O4S. The topological polar surface area (TPSA) is 89.6 Å². The predicted molar refractivity (Wildman–Crippen MR) is 106 cm³/mol. The minimum Gasteiger partial charge on any atom is -0.478 e. The van der Waals surface area contributed by atoms with E-state index in [0.717, 1.165) is 0 Å². The molecule has 1 aromatic heterocycles. The second kappa shape index (κ2) is 9.09. The first-order valence-corrected chi connectivity index (χ1v) is 8.62. The maximum Gasteiger partial charge on any atom is 0.344 e. The smallest absolute Gasteiger partial charge is 0.344 e. The standard InChI is InChI=1S/C19H21N3O4S/c1-19(2,3)26-15(23)12-25-14-10-7-11-20-16(14)21-18(27)22-17(24)13-8-5-4-6-9-13/h4-11H,12H2,1-3H3,(H2,20,21,22,24,27). The van der Waals surface area contributed by atoms with Crippen LogP contribution in [0.15, 0.2) is 48.7 Å². The van der Waals surface area contributed by atoms with Crippen molar-refractivity contribution >= 4 is 35.0 Å². The van der Waals surface area contributed by atoms with Gasteiger partial charge in [0.05, 0.1) is 0 Å². The highest BCUT2D eigenvalue weighted by Crippen LogP contribution is 2.21. The molecule has 0 bridgehead atoms. The number of esters is 1. The van der Waals surface area contributed by atoms with E-state index in [0.29, 0.717) is 11.3 Å². The van der Waals surface area contributed by atoms with E-state index in [1.165, 1.54) is 6.20 Å². The van der Waals surface area contributed by atoms with E-state index in [4.69, 9.17) is 21.7 Å². The van der Waals surface area contributed by atoms with Gasteiger partial charge in [0.1, 0.15) is 5.60 Å².